The normalized spacial score (nSPS) is 14.6. The Labute approximate surface area is 132 Å². The minimum Gasteiger partial charge on any atom is -0.339 e. The van der Waals surface area contributed by atoms with E-state index < -0.39 is 11.6 Å². The Morgan fingerprint density at radius 1 is 1.04 bits per heavy atom. The number of nitrogens with one attached hydrogen (secondary N) is 1. The molecule has 1 amide bonds. The third-order valence-electron chi connectivity index (χ3n) is 3.71. The lowest BCUT2D eigenvalue weighted by atomic mass is 10.1. The molecule has 0 spiro atoms. The maximum atomic E-state index is 13.2. The predicted molar refractivity (Wildman–Crippen MR) is 81.4 cm³/mol. The van der Waals surface area contributed by atoms with E-state index in [1.165, 1.54) is 18.5 Å². The summed E-state index contributed by atoms with van der Waals surface area (Å²) in [5.41, 5.74) is 0.635. The number of carbonyl (C=O) groups is 1. The second kappa shape index (κ2) is 6.68. The molecule has 1 saturated heterocycles. The summed E-state index contributed by atoms with van der Waals surface area (Å²) in [6.45, 7) is 1.49. The highest BCUT2D eigenvalue weighted by Gasteiger charge is 2.19. The van der Waals surface area contributed by atoms with E-state index in [9.17, 15) is 13.6 Å². The monoisotopic (exact) mass is 318 g/mol. The van der Waals surface area contributed by atoms with Gasteiger partial charge in [-0.3, -0.25) is 4.79 Å². The Morgan fingerprint density at radius 3 is 2.48 bits per heavy atom. The number of hydrogen-bond acceptors (Lipinski definition) is 4. The SMILES string of the molecule is O=C(c1cnc(Nc2ccc(F)c(F)c2)cn1)N1CCCCC1. The number of halogens is 2. The quantitative estimate of drug-likeness (QED) is 0.944. The molecule has 1 aromatic heterocycles. The summed E-state index contributed by atoms with van der Waals surface area (Å²) in [5, 5.41) is 2.81. The van der Waals surface area contributed by atoms with E-state index in [2.05, 4.69) is 15.3 Å². The molecule has 1 aliphatic heterocycles. The Balaban J connectivity index is 1.68. The van der Waals surface area contributed by atoms with Crippen LogP contribution in [0.25, 0.3) is 0 Å². The molecule has 1 N–H and O–H groups in total. The molecule has 1 fully saturated rings. The predicted octanol–water partition coefficient (Wildman–Crippen LogP) is 3.12. The number of amides is 1. The molecule has 0 radical (unpaired) electrons. The van der Waals surface area contributed by atoms with E-state index in [-0.39, 0.29) is 11.6 Å². The molecule has 5 nitrogen and oxygen atoms in total. The van der Waals surface area contributed by atoms with Crippen molar-refractivity contribution < 1.29 is 13.6 Å². The number of nitrogens with zero attached hydrogens (tertiary/aromatic N) is 3. The van der Waals surface area contributed by atoms with E-state index in [0.29, 0.717) is 11.5 Å². The minimum absolute atomic E-state index is 0.128. The summed E-state index contributed by atoms with van der Waals surface area (Å²) in [6, 6.07) is 3.45. The van der Waals surface area contributed by atoms with E-state index >= 15 is 0 Å². The van der Waals surface area contributed by atoms with Crippen LogP contribution >= 0.6 is 0 Å². The number of likely N-dealkylation sites (tertiary alicyclic amines) is 1. The zero-order valence-electron chi connectivity index (χ0n) is 12.4. The third kappa shape index (κ3) is 3.61. The van der Waals surface area contributed by atoms with Crippen LogP contribution in [-0.4, -0.2) is 33.9 Å². The van der Waals surface area contributed by atoms with Crippen molar-refractivity contribution in [3.8, 4) is 0 Å². The molecule has 3 rings (SSSR count). The topological polar surface area (TPSA) is 58.1 Å². The van der Waals surface area contributed by atoms with E-state index in [1.807, 2.05) is 0 Å². The van der Waals surface area contributed by atoms with Crippen LogP contribution in [0, 0.1) is 11.6 Å². The van der Waals surface area contributed by atoms with Gasteiger partial charge in [-0.1, -0.05) is 0 Å². The highest BCUT2D eigenvalue weighted by molar-refractivity contribution is 5.92. The zero-order chi connectivity index (χ0) is 16.2. The molecule has 0 unspecified atom stereocenters. The van der Waals surface area contributed by atoms with Crippen LogP contribution in [0.4, 0.5) is 20.3 Å². The van der Waals surface area contributed by atoms with E-state index in [4.69, 9.17) is 0 Å². The van der Waals surface area contributed by atoms with Crippen molar-refractivity contribution >= 4 is 17.4 Å². The van der Waals surface area contributed by atoms with Gasteiger partial charge in [-0.05, 0) is 31.4 Å². The first-order chi connectivity index (χ1) is 11.1. The first-order valence-electron chi connectivity index (χ1n) is 7.47. The summed E-state index contributed by atoms with van der Waals surface area (Å²) in [6.07, 6.45) is 5.95. The third-order valence-corrected chi connectivity index (χ3v) is 3.71. The molecule has 120 valence electrons. The van der Waals surface area contributed by atoms with Gasteiger partial charge in [-0.2, -0.15) is 0 Å². The molecule has 1 aliphatic rings. The Kier molecular flexibility index (Phi) is 4.45. The van der Waals surface area contributed by atoms with Crippen LogP contribution in [0.1, 0.15) is 29.8 Å². The second-order valence-electron chi connectivity index (χ2n) is 5.39. The summed E-state index contributed by atoms with van der Waals surface area (Å²) < 4.78 is 26.0. The molecule has 0 aliphatic carbocycles. The largest absolute Gasteiger partial charge is 0.339 e. The lowest BCUT2D eigenvalue weighted by Crippen LogP contribution is -2.36. The maximum Gasteiger partial charge on any atom is 0.274 e. The highest BCUT2D eigenvalue weighted by Crippen LogP contribution is 2.17. The molecule has 7 heteroatoms. The van der Waals surface area contributed by atoms with Crippen molar-refractivity contribution in [2.24, 2.45) is 0 Å². The average Bonchev–Trinajstić information content (AvgIpc) is 2.59. The van der Waals surface area contributed by atoms with E-state index in [1.54, 1.807) is 4.90 Å². The smallest absolute Gasteiger partial charge is 0.274 e. The van der Waals surface area contributed by atoms with Gasteiger partial charge in [0.15, 0.2) is 11.6 Å². The van der Waals surface area contributed by atoms with Crippen LogP contribution < -0.4 is 5.32 Å². The van der Waals surface area contributed by atoms with Crippen LogP contribution in [0.2, 0.25) is 0 Å². The van der Waals surface area contributed by atoms with Crippen molar-refractivity contribution in [3.63, 3.8) is 0 Å². The average molecular weight is 318 g/mol. The zero-order valence-corrected chi connectivity index (χ0v) is 12.4. The molecule has 0 saturated carbocycles. The van der Waals surface area contributed by atoms with Crippen molar-refractivity contribution in [1.29, 1.82) is 0 Å². The number of piperidine rings is 1. The van der Waals surface area contributed by atoms with E-state index in [0.717, 1.165) is 44.5 Å². The molecular weight excluding hydrogens is 302 g/mol. The Morgan fingerprint density at radius 2 is 1.83 bits per heavy atom. The standard InChI is InChI=1S/C16H16F2N4O/c17-12-5-4-11(8-13(12)18)21-15-10-19-14(9-20-15)16(23)22-6-2-1-3-7-22/h4-5,8-10H,1-3,6-7H2,(H,20,21). The summed E-state index contributed by atoms with van der Waals surface area (Å²) in [4.78, 5) is 22.2. The van der Waals surface area contributed by atoms with Crippen molar-refractivity contribution in [2.75, 3.05) is 18.4 Å². The Hall–Kier alpha value is -2.57. The van der Waals surface area contributed by atoms with Crippen LogP contribution in [0.3, 0.4) is 0 Å². The van der Waals surface area contributed by atoms with Crippen LogP contribution in [0.15, 0.2) is 30.6 Å². The molecule has 2 heterocycles. The minimum atomic E-state index is -0.945. The van der Waals surface area contributed by atoms with Gasteiger partial charge in [-0.15, -0.1) is 0 Å². The first-order valence-corrected chi connectivity index (χ1v) is 7.47. The number of hydrogen-bond donors (Lipinski definition) is 1. The number of benzene rings is 1. The molecule has 23 heavy (non-hydrogen) atoms. The van der Waals surface area contributed by atoms with Crippen LogP contribution in [-0.2, 0) is 0 Å². The van der Waals surface area contributed by atoms with Gasteiger partial charge in [0.25, 0.3) is 5.91 Å². The molecule has 2 aromatic rings. The van der Waals surface area contributed by atoms with Crippen molar-refractivity contribution in [1.82, 2.24) is 14.9 Å². The summed E-state index contributed by atoms with van der Waals surface area (Å²) in [7, 11) is 0. The van der Waals surface area contributed by atoms with Gasteiger partial charge in [0.05, 0.1) is 12.4 Å². The lowest BCUT2D eigenvalue weighted by Gasteiger charge is -2.26. The van der Waals surface area contributed by atoms with Gasteiger partial charge >= 0.3 is 0 Å². The molecule has 0 atom stereocenters. The van der Waals surface area contributed by atoms with Gasteiger partial charge in [-0.25, -0.2) is 18.7 Å². The lowest BCUT2D eigenvalue weighted by molar-refractivity contribution is 0.0718. The van der Waals surface area contributed by atoms with Gasteiger partial charge < -0.3 is 10.2 Å². The van der Waals surface area contributed by atoms with Gasteiger partial charge in [0, 0.05) is 24.8 Å². The number of carbonyl (C=O) groups excluding carboxylic acids is 1. The fraction of sp³-hybridized carbons (Fsp3) is 0.312. The number of rotatable bonds is 3. The first kappa shape index (κ1) is 15.3. The summed E-state index contributed by atoms with van der Waals surface area (Å²) in [5.74, 6) is -1.63. The Bertz CT molecular complexity index is 700. The molecule has 0 bridgehead atoms. The molecular formula is C16H16F2N4O. The maximum absolute atomic E-state index is 13.2. The fourth-order valence-corrected chi connectivity index (χ4v) is 2.48. The van der Waals surface area contributed by atoms with Crippen molar-refractivity contribution in [2.45, 2.75) is 19.3 Å². The molecule has 1 aromatic carbocycles. The summed E-state index contributed by atoms with van der Waals surface area (Å²) >= 11 is 0. The highest BCUT2D eigenvalue weighted by atomic mass is 19.2. The van der Waals surface area contributed by atoms with Gasteiger partial charge in [0.1, 0.15) is 11.5 Å². The second-order valence-corrected chi connectivity index (χ2v) is 5.39. The van der Waals surface area contributed by atoms with Crippen molar-refractivity contribution in [3.05, 3.63) is 47.9 Å². The number of anilines is 2. The number of aromatic nitrogens is 2. The van der Waals surface area contributed by atoms with Crippen LogP contribution in [0.5, 0.6) is 0 Å². The van der Waals surface area contributed by atoms with Gasteiger partial charge in [0.2, 0.25) is 0 Å². The fourth-order valence-electron chi connectivity index (χ4n) is 2.48.